The zero-order valence-corrected chi connectivity index (χ0v) is 18.6. The highest BCUT2D eigenvalue weighted by Crippen LogP contribution is 2.24. The van der Waals surface area contributed by atoms with Crippen LogP contribution in [-0.4, -0.2) is 31.1 Å². The van der Waals surface area contributed by atoms with Gasteiger partial charge in [0.25, 0.3) is 5.91 Å². The Morgan fingerprint density at radius 3 is 2.18 bits per heavy atom. The third-order valence-electron chi connectivity index (χ3n) is 5.39. The van der Waals surface area contributed by atoms with Crippen LogP contribution in [0.15, 0.2) is 101 Å². The van der Waals surface area contributed by atoms with E-state index in [4.69, 9.17) is 5.73 Å². The average Bonchev–Trinajstić information content (AvgIpc) is 3.40. The predicted molar refractivity (Wildman–Crippen MR) is 126 cm³/mol. The normalized spacial score (nSPS) is 12.3. The summed E-state index contributed by atoms with van der Waals surface area (Å²) in [7, 11) is -3.63. The van der Waals surface area contributed by atoms with E-state index in [1.165, 1.54) is 24.3 Å². The van der Waals surface area contributed by atoms with Crippen LogP contribution in [0.3, 0.4) is 0 Å². The van der Waals surface area contributed by atoms with Crippen LogP contribution in [0.5, 0.6) is 0 Å². The first-order valence-corrected chi connectivity index (χ1v) is 12.0. The van der Waals surface area contributed by atoms with Crippen LogP contribution in [-0.2, 0) is 9.84 Å². The molecule has 4 rings (SSSR count). The maximum absolute atomic E-state index is 12.9. The highest BCUT2D eigenvalue weighted by Gasteiger charge is 2.19. The summed E-state index contributed by atoms with van der Waals surface area (Å²) >= 11 is 0. The largest absolute Gasteiger partial charge is 0.345 e. The molecule has 0 aliphatic rings. The summed E-state index contributed by atoms with van der Waals surface area (Å²) < 4.78 is 25.5. The summed E-state index contributed by atoms with van der Waals surface area (Å²) in [5, 5.41) is 9.76. The van der Waals surface area contributed by atoms with Crippen molar-refractivity contribution >= 4 is 15.7 Å². The highest BCUT2D eigenvalue weighted by atomic mass is 32.2. The second-order valence-corrected chi connectivity index (χ2v) is 9.50. The van der Waals surface area contributed by atoms with Crippen molar-refractivity contribution in [2.45, 2.75) is 22.3 Å². The third kappa shape index (κ3) is 5.02. The first-order chi connectivity index (χ1) is 16.0. The topological polar surface area (TPSA) is 118 Å². The van der Waals surface area contributed by atoms with E-state index < -0.39 is 9.84 Å². The van der Waals surface area contributed by atoms with Crippen molar-refractivity contribution in [2.24, 2.45) is 5.73 Å². The fourth-order valence-electron chi connectivity index (χ4n) is 3.57. The molecule has 0 aliphatic heterocycles. The zero-order chi connectivity index (χ0) is 23.3. The molecule has 168 valence electrons. The number of aromatic amines is 1. The van der Waals surface area contributed by atoms with E-state index >= 15 is 0 Å². The number of aromatic nitrogens is 2. The van der Waals surface area contributed by atoms with Crippen molar-refractivity contribution < 1.29 is 13.2 Å². The number of nitrogens with zero attached hydrogens (tertiary/aromatic N) is 1. The maximum Gasteiger partial charge on any atom is 0.251 e. The number of carbonyl (C=O) groups excluding carboxylic acids is 1. The van der Waals surface area contributed by atoms with E-state index in [9.17, 15) is 13.2 Å². The van der Waals surface area contributed by atoms with Gasteiger partial charge < -0.3 is 11.1 Å². The van der Waals surface area contributed by atoms with Gasteiger partial charge in [-0.2, -0.15) is 5.10 Å². The highest BCUT2D eigenvalue weighted by molar-refractivity contribution is 7.91. The summed E-state index contributed by atoms with van der Waals surface area (Å²) in [4.78, 5) is 13.2. The third-order valence-corrected chi connectivity index (χ3v) is 7.17. The molecule has 4 aromatic rings. The van der Waals surface area contributed by atoms with Crippen LogP contribution in [0.4, 0.5) is 0 Å². The molecule has 1 aromatic heterocycles. The summed E-state index contributed by atoms with van der Waals surface area (Å²) in [6.07, 6.45) is 4.13. The van der Waals surface area contributed by atoms with Gasteiger partial charge >= 0.3 is 0 Å². The molecule has 0 radical (unpaired) electrons. The minimum absolute atomic E-state index is 0.138. The van der Waals surface area contributed by atoms with Gasteiger partial charge in [-0.3, -0.25) is 9.89 Å². The van der Waals surface area contributed by atoms with Crippen LogP contribution >= 0.6 is 0 Å². The fourth-order valence-corrected chi connectivity index (χ4v) is 4.85. The molecule has 3 aromatic carbocycles. The van der Waals surface area contributed by atoms with Gasteiger partial charge in [0.1, 0.15) is 0 Å². The lowest BCUT2D eigenvalue weighted by molar-refractivity contribution is 0.0935. The molecule has 1 unspecified atom stereocenters. The van der Waals surface area contributed by atoms with Crippen LogP contribution < -0.4 is 11.1 Å². The van der Waals surface area contributed by atoms with Gasteiger partial charge in [0.2, 0.25) is 9.84 Å². The van der Waals surface area contributed by atoms with Crippen molar-refractivity contribution in [1.29, 1.82) is 0 Å². The molecule has 1 atom stereocenters. The Morgan fingerprint density at radius 1 is 0.909 bits per heavy atom. The molecule has 0 aliphatic carbocycles. The standard InChI is InChI=1S/C25H24N4O3S/c26-15-14-24(19-8-6-18(7-9-19)21-16-27-28-17-21)29-25(30)20-10-12-23(13-11-20)33(31,32)22-4-2-1-3-5-22/h1-13,16-17,24H,14-15,26H2,(H,27,28)(H,29,30). The Balaban J connectivity index is 1.50. The Hall–Kier alpha value is -3.75. The van der Waals surface area contributed by atoms with E-state index in [0.29, 0.717) is 18.5 Å². The summed E-state index contributed by atoms with van der Waals surface area (Å²) in [5.41, 5.74) is 9.08. The number of benzene rings is 3. The second kappa shape index (κ2) is 9.81. The number of sulfone groups is 1. The van der Waals surface area contributed by atoms with Gasteiger partial charge in [0.15, 0.2) is 0 Å². The molecule has 0 bridgehead atoms. The number of hydrogen-bond acceptors (Lipinski definition) is 5. The van der Waals surface area contributed by atoms with Gasteiger partial charge in [-0.15, -0.1) is 0 Å². The number of amides is 1. The van der Waals surface area contributed by atoms with Crippen LogP contribution in [0.2, 0.25) is 0 Å². The Labute approximate surface area is 192 Å². The molecular formula is C25H24N4O3S. The second-order valence-electron chi connectivity index (χ2n) is 7.55. The SMILES string of the molecule is NCCC(NC(=O)c1ccc(S(=O)(=O)c2ccccc2)cc1)c1ccc(-c2cn[nH]c2)cc1. The Kier molecular flexibility index (Phi) is 6.67. The minimum atomic E-state index is -3.63. The van der Waals surface area contributed by atoms with Gasteiger partial charge in [0.05, 0.1) is 22.0 Å². The van der Waals surface area contributed by atoms with E-state index in [1.54, 1.807) is 36.5 Å². The van der Waals surface area contributed by atoms with Crippen molar-refractivity contribution in [2.75, 3.05) is 6.54 Å². The maximum atomic E-state index is 12.9. The first-order valence-electron chi connectivity index (χ1n) is 10.5. The van der Waals surface area contributed by atoms with Crippen molar-refractivity contribution in [1.82, 2.24) is 15.5 Å². The Bertz CT molecular complexity index is 1300. The van der Waals surface area contributed by atoms with Crippen molar-refractivity contribution in [3.8, 4) is 11.1 Å². The quantitative estimate of drug-likeness (QED) is 0.370. The van der Waals surface area contributed by atoms with Crippen LogP contribution in [0.25, 0.3) is 11.1 Å². The fraction of sp³-hybridized carbons (Fsp3) is 0.120. The lowest BCUT2D eigenvalue weighted by Gasteiger charge is -2.19. The van der Waals surface area contributed by atoms with E-state index in [2.05, 4.69) is 15.5 Å². The number of nitrogens with one attached hydrogen (secondary N) is 2. The molecule has 8 heteroatoms. The molecule has 4 N–H and O–H groups in total. The van der Waals surface area contributed by atoms with Crippen molar-refractivity contribution in [3.63, 3.8) is 0 Å². The number of H-pyrrole nitrogens is 1. The van der Waals surface area contributed by atoms with Gasteiger partial charge in [-0.1, -0.05) is 42.5 Å². The zero-order valence-electron chi connectivity index (χ0n) is 17.8. The number of hydrogen-bond donors (Lipinski definition) is 3. The summed E-state index contributed by atoms with van der Waals surface area (Å²) in [5.74, 6) is -0.295. The molecule has 7 nitrogen and oxygen atoms in total. The molecule has 1 amide bonds. The van der Waals surface area contributed by atoms with Gasteiger partial charge in [-0.05, 0) is 60.5 Å². The lowest BCUT2D eigenvalue weighted by Crippen LogP contribution is -2.30. The lowest BCUT2D eigenvalue weighted by atomic mass is 10.00. The molecule has 0 saturated carbocycles. The average molecular weight is 461 g/mol. The molecular weight excluding hydrogens is 436 g/mol. The van der Waals surface area contributed by atoms with Crippen LogP contribution in [0, 0.1) is 0 Å². The minimum Gasteiger partial charge on any atom is -0.345 e. The van der Waals surface area contributed by atoms with E-state index in [1.807, 2.05) is 30.5 Å². The number of nitrogens with two attached hydrogens (primary N) is 1. The summed E-state index contributed by atoms with van der Waals surface area (Å²) in [6, 6.07) is 21.7. The Morgan fingerprint density at radius 2 is 1.58 bits per heavy atom. The number of carbonyl (C=O) groups is 1. The molecule has 1 heterocycles. The number of rotatable bonds is 8. The molecule has 0 fully saturated rings. The van der Waals surface area contributed by atoms with E-state index in [-0.39, 0.29) is 21.7 Å². The predicted octanol–water partition coefficient (Wildman–Crippen LogP) is 3.73. The summed E-state index contributed by atoms with van der Waals surface area (Å²) in [6.45, 7) is 0.405. The monoisotopic (exact) mass is 460 g/mol. The van der Waals surface area contributed by atoms with Gasteiger partial charge in [0, 0.05) is 17.3 Å². The van der Waals surface area contributed by atoms with E-state index in [0.717, 1.165) is 16.7 Å². The van der Waals surface area contributed by atoms with Crippen molar-refractivity contribution in [3.05, 3.63) is 102 Å². The van der Waals surface area contributed by atoms with Gasteiger partial charge in [-0.25, -0.2) is 8.42 Å². The first kappa shape index (κ1) is 22.4. The smallest absolute Gasteiger partial charge is 0.251 e. The molecule has 0 saturated heterocycles. The molecule has 0 spiro atoms. The van der Waals surface area contributed by atoms with Crippen LogP contribution in [0.1, 0.15) is 28.4 Å². The molecule has 33 heavy (non-hydrogen) atoms.